The Morgan fingerprint density at radius 3 is 2.69 bits per heavy atom. The van der Waals surface area contributed by atoms with Gasteiger partial charge in [-0.1, -0.05) is 6.07 Å². The third-order valence-electron chi connectivity index (χ3n) is 4.99. The summed E-state index contributed by atoms with van der Waals surface area (Å²) in [6, 6.07) is 6.12. The van der Waals surface area contributed by atoms with Gasteiger partial charge in [-0.2, -0.15) is 5.26 Å². The van der Waals surface area contributed by atoms with E-state index in [1.165, 1.54) is 30.0 Å². The number of ether oxygens (including phenoxy) is 2. The smallest absolute Gasteiger partial charge is 0.407 e. The quantitative estimate of drug-likeness (QED) is 0.697. The average Bonchev–Trinajstić information content (AvgIpc) is 3.29. The number of benzene rings is 1. The average molecular weight is 443 g/mol. The number of hydrogen-bond donors (Lipinski definition) is 2. The zero-order valence-corrected chi connectivity index (χ0v) is 18.4. The van der Waals surface area contributed by atoms with Gasteiger partial charge in [0.05, 0.1) is 35.8 Å². The molecule has 1 aromatic heterocycles. The van der Waals surface area contributed by atoms with E-state index >= 15 is 4.39 Å². The van der Waals surface area contributed by atoms with Gasteiger partial charge in [-0.25, -0.2) is 14.0 Å². The van der Waals surface area contributed by atoms with Crippen molar-refractivity contribution in [1.29, 1.82) is 5.26 Å². The largest absolute Gasteiger partial charge is 0.464 e. The maximum Gasteiger partial charge on any atom is 0.407 e. The molecule has 0 spiro atoms. The summed E-state index contributed by atoms with van der Waals surface area (Å²) in [6.07, 6.45) is 1.42. The lowest BCUT2D eigenvalue weighted by Gasteiger charge is -2.24. The summed E-state index contributed by atoms with van der Waals surface area (Å²) in [6.45, 7) is 6.12. The zero-order chi connectivity index (χ0) is 23.6. The molecule has 10 heteroatoms. The monoisotopic (exact) mass is 443 g/mol. The molecule has 0 saturated carbocycles. The van der Waals surface area contributed by atoms with Gasteiger partial charge >= 0.3 is 12.1 Å². The van der Waals surface area contributed by atoms with Crippen molar-refractivity contribution in [2.75, 3.05) is 30.8 Å². The molecular weight excluding hydrogens is 417 g/mol. The number of halogens is 1. The molecule has 0 bridgehead atoms. The Labute approximate surface area is 185 Å². The van der Waals surface area contributed by atoms with Gasteiger partial charge in [-0.3, -0.25) is 0 Å². The number of methoxy groups -OCH3 is 1. The van der Waals surface area contributed by atoms with E-state index in [0.29, 0.717) is 25.2 Å². The molecule has 1 aliphatic heterocycles. The topological polar surface area (TPSA) is 123 Å². The van der Waals surface area contributed by atoms with Crippen LogP contribution in [-0.4, -0.2) is 48.5 Å². The van der Waals surface area contributed by atoms with E-state index in [-0.39, 0.29) is 28.7 Å². The lowest BCUT2D eigenvalue weighted by atomic mass is 10.2. The maximum absolute atomic E-state index is 15.0. The van der Waals surface area contributed by atoms with Crippen LogP contribution in [0.1, 0.15) is 43.2 Å². The Bertz CT molecular complexity index is 1080. The van der Waals surface area contributed by atoms with E-state index in [2.05, 4.69) is 5.32 Å². The standard InChI is InChI=1S/C22H26FN5O4/c1-22(2,3)32-21(30)26-14-8-9-27(12-14)18-15(23)6-5-7-16(18)28-11-13(10-24)17(25)19(28)20(29)31-4/h5-7,11,14H,8-9,12,25H2,1-4H3,(H,26,30). The van der Waals surface area contributed by atoms with Gasteiger partial charge in [-0.05, 0) is 39.3 Å². The molecule has 3 rings (SSSR count). The van der Waals surface area contributed by atoms with Crippen LogP contribution in [-0.2, 0) is 9.47 Å². The molecule has 1 unspecified atom stereocenters. The second-order valence-corrected chi connectivity index (χ2v) is 8.46. The van der Waals surface area contributed by atoms with Crippen molar-refractivity contribution in [2.45, 2.75) is 38.8 Å². The number of aromatic nitrogens is 1. The van der Waals surface area contributed by atoms with Crippen LogP contribution in [0.4, 0.5) is 20.6 Å². The van der Waals surface area contributed by atoms with Gasteiger partial charge < -0.3 is 30.0 Å². The molecule has 1 amide bonds. The Hall–Kier alpha value is -3.74. The minimum Gasteiger partial charge on any atom is -0.464 e. The first-order chi connectivity index (χ1) is 15.1. The third kappa shape index (κ3) is 4.61. The first kappa shape index (κ1) is 22.9. The van der Waals surface area contributed by atoms with Crippen LogP contribution in [0.5, 0.6) is 0 Å². The molecule has 9 nitrogen and oxygen atoms in total. The molecule has 0 radical (unpaired) electrons. The van der Waals surface area contributed by atoms with Crippen molar-refractivity contribution >= 4 is 23.4 Å². The van der Waals surface area contributed by atoms with Crippen molar-refractivity contribution in [3.8, 4) is 11.8 Å². The Morgan fingerprint density at radius 2 is 2.06 bits per heavy atom. The summed E-state index contributed by atoms with van der Waals surface area (Å²) < 4.78 is 26.5. The van der Waals surface area contributed by atoms with E-state index in [1.54, 1.807) is 31.7 Å². The fourth-order valence-corrected chi connectivity index (χ4v) is 3.67. The van der Waals surface area contributed by atoms with Crippen molar-refractivity contribution in [2.24, 2.45) is 0 Å². The molecule has 2 aromatic rings. The molecule has 1 fully saturated rings. The van der Waals surface area contributed by atoms with Crippen molar-refractivity contribution < 1.29 is 23.5 Å². The molecule has 1 aliphatic rings. The van der Waals surface area contributed by atoms with Crippen LogP contribution in [0.3, 0.4) is 0 Å². The van der Waals surface area contributed by atoms with E-state index in [4.69, 9.17) is 15.2 Å². The predicted octanol–water partition coefficient (Wildman–Crippen LogP) is 2.96. The third-order valence-corrected chi connectivity index (χ3v) is 4.99. The van der Waals surface area contributed by atoms with Crippen LogP contribution >= 0.6 is 0 Å². The predicted molar refractivity (Wildman–Crippen MR) is 116 cm³/mol. The molecule has 1 aromatic carbocycles. The number of rotatable bonds is 4. The molecular formula is C22H26FN5O4. The number of para-hydroxylation sites is 1. The summed E-state index contributed by atoms with van der Waals surface area (Å²) in [5.41, 5.74) is 5.89. The SMILES string of the molecule is COC(=O)c1c(N)c(C#N)cn1-c1cccc(F)c1N1CCC(NC(=O)OC(C)(C)C)C1. The van der Waals surface area contributed by atoms with Crippen molar-refractivity contribution in [3.05, 3.63) is 41.5 Å². The first-order valence-electron chi connectivity index (χ1n) is 10.1. The Balaban J connectivity index is 1.95. The highest BCUT2D eigenvalue weighted by Crippen LogP contribution is 2.34. The van der Waals surface area contributed by atoms with Gasteiger partial charge in [0.2, 0.25) is 0 Å². The Morgan fingerprint density at radius 1 is 1.34 bits per heavy atom. The molecule has 170 valence electrons. The number of alkyl carbamates (subject to hydrolysis) is 1. The van der Waals surface area contributed by atoms with Crippen LogP contribution in [0.15, 0.2) is 24.4 Å². The van der Waals surface area contributed by atoms with Gasteiger partial charge in [0.25, 0.3) is 0 Å². The second kappa shape index (κ2) is 8.78. The molecule has 3 N–H and O–H groups in total. The number of amides is 1. The summed E-state index contributed by atoms with van der Waals surface area (Å²) in [7, 11) is 1.20. The number of nitrogens with two attached hydrogens (primary N) is 1. The van der Waals surface area contributed by atoms with Crippen LogP contribution in [0.2, 0.25) is 0 Å². The van der Waals surface area contributed by atoms with E-state index in [0.717, 1.165) is 0 Å². The number of nitrogens with zero attached hydrogens (tertiary/aromatic N) is 3. The normalized spacial score (nSPS) is 15.9. The van der Waals surface area contributed by atoms with Crippen LogP contribution in [0, 0.1) is 17.1 Å². The lowest BCUT2D eigenvalue weighted by Crippen LogP contribution is -2.40. The molecule has 0 aliphatic carbocycles. The number of anilines is 2. The van der Waals surface area contributed by atoms with Crippen LogP contribution < -0.4 is 16.0 Å². The number of nitrogens with one attached hydrogen (secondary N) is 1. The lowest BCUT2D eigenvalue weighted by molar-refractivity contribution is 0.0507. The fraction of sp³-hybridized carbons (Fsp3) is 0.409. The second-order valence-electron chi connectivity index (χ2n) is 8.46. The van der Waals surface area contributed by atoms with Gasteiger partial charge in [0.1, 0.15) is 17.5 Å². The van der Waals surface area contributed by atoms with Gasteiger partial charge in [0.15, 0.2) is 5.69 Å². The highest BCUT2D eigenvalue weighted by molar-refractivity contribution is 5.96. The van der Waals surface area contributed by atoms with E-state index < -0.39 is 23.5 Å². The molecule has 2 heterocycles. The van der Waals surface area contributed by atoms with Crippen LogP contribution in [0.25, 0.3) is 5.69 Å². The van der Waals surface area contributed by atoms with Gasteiger partial charge in [-0.15, -0.1) is 0 Å². The summed E-state index contributed by atoms with van der Waals surface area (Å²) in [4.78, 5) is 26.2. The minimum absolute atomic E-state index is 0.0412. The molecule has 1 atom stereocenters. The van der Waals surface area contributed by atoms with E-state index in [9.17, 15) is 14.9 Å². The number of esters is 1. The van der Waals surface area contributed by atoms with Gasteiger partial charge in [0, 0.05) is 19.3 Å². The molecule has 32 heavy (non-hydrogen) atoms. The number of nitriles is 1. The highest BCUT2D eigenvalue weighted by atomic mass is 19.1. The van der Waals surface area contributed by atoms with E-state index in [1.807, 2.05) is 6.07 Å². The zero-order valence-electron chi connectivity index (χ0n) is 18.4. The van der Waals surface area contributed by atoms with Crippen molar-refractivity contribution in [1.82, 2.24) is 9.88 Å². The van der Waals surface area contributed by atoms with Crippen molar-refractivity contribution in [3.63, 3.8) is 0 Å². The number of hydrogen-bond acceptors (Lipinski definition) is 7. The highest BCUT2D eigenvalue weighted by Gasteiger charge is 2.31. The summed E-state index contributed by atoms with van der Waals surface area (Å²) in [5.74, 6) is -1.26. The first-order valence-corrected chi connectivity index (χ1v) is 10.1. The number of carbonyl (C=O) groups excluding carboxylic acids is 2. The summed E-state index contributed by atoms with van der Waals surface area (Å²) in [5, 5.41) is 12.2. The summed E-state index contributed by atoms with van der Waals surface area (Å²) >= 11 is 0. The number of carbonyl (C=O) groups is 2. The minimum atomic E-state index is -0.745. The maximum atomic E-state index is 15.0. The Kier molecular flexibility index (Phi) is 6.30. The number of nitrogen functional groups attached to an aromatic ring is 1. The molecule has 1 saturated heterocycles. The fourth-order valence-electron chi connectivity index (χ4n) is 3.67.